The summed E-state index contributed by atoms with van der Waals surface area (Å²) in [5.41, 5.74) is 10.1. The molecule has 6 heterocycles. The van der Waals surface area contributed by atoms with Crippen molar-refractivity contribution in [1.29, 1.82) is 0 Å². The molecule has 0 unspecified atom stereocenters. The highest BCUT2D eigenvalue weighted by molar-refractivity contribution is 9.11. The lowest BCUT2D eigenvalue weighted by Crippen LogP contribution is -2.06. The van der Waals surface area contributed by atoms with Crippen LogP contribution in [0.1, 0.15) is 24.2 Å². The van der Waals surface area contributed by atoms with Gasteiger partial charge in [0.05, 0.1) is 28.4 Å². The molecule has 0 aliphatic carbocycles. The summed E-state index contributed by atoms with van der Waals surface area (Å²) in [5.74, 6) is 1.51. The topological polar surface area (TPSA) is 133 Å². The van der Waals surface area contributed by atoms with E-state index in [-0.39, 0.29) is 7.43 Å². The van der Waals surface area contributed by atoms with E-state index in [1.165, 1.54) is 0 Å². The fourth-order valence-electron chi connectivity index (χ4n) is 3.52. The Bertz CT molecular complexity index is 1700. The van der Waals surface area contributed by atoms with Crippen LogP contribution in [-0.4, -0.2) is 52.5 Å². The number of nitrogens with two attached hydrogens (primary N) is 1. The SMILES string of the molecule is C.COc1cc(C)n2ncc(Br)c2n1.CSc1cc(NCc2cccnc2)n2ncc(Br)c2n1.NCc1cccnc1. The first-order valence-corrected chi connectivity index (χ1v) is 15.1. The summed E-state index contributed by atoms with van der Waals surface area (Å²) in [6.07, 6.45) is 12.6. The minimum atomic E-state index is 0. The molecule has 0 aliphatic rings. The zero-order chi connectivity index (χ0) is 29.2. The molecule has 14 heteroatoms. The van der Waals surface area contributed by atoms with Gasteiger partial charge in [-0.05, 0) is 68.3 Å². The van der Waals surface area contributed by atoms with Crippen molar-refractivity contribution < 1.29 is 4.74 Å². The van der Waals surface area contributed by atoms with Crippen molar-refractivity contribution in [2.75, 3.05) is 18.7 Å². The molecule has 3 N–H and O–H groups in total. The number of pyridine rings is 2. The van der Waals surface area contributed by atoms with Crippen molar-refractivity contribution in [3.63, 3.8) is 0 Å². The molecular weight excluding hydrogens is 684 g/mol. The molecule has 0 saturated carbocycles. The number of methoxy groups -OCH3 is 1. The van der Waals surface area contributed by atoms with Gasteiger partial charge < -0.3 is 15.8 Å². The molecule has 6 rings (SSSR count). The zero-order valence-corrected chi connectivity index (χ0v) is 26.6. The lowest BCUT2D eigenvalue weighted by atomic mass is 10.3. The zero-order valence-electron chi connectivity index (χ0n) is 22.6. The van der Waals surface area contributed by atoms with E-state index in [2.05, 4.69) is 67.3 Å². The van der Waals surface area contributed by atoms with E-state index in [9.17, 15) is 0 Å². The second kappa shape index (κ2) is 16.2. The summed E-state index contributed by atoms with van der Waals surface area (Å²) in [4.78, 5) is 16.8. The number of thioether (sulfide) groups is 1. The third-order valence-corrected chi connectivity index (χ3v) is 7.31. The molecule has 6 aromatic rings. The van der Waals surface area contributed by atoms with Gasteiger partial charge in [-0.3, -0.25) is 9.97 Å². The van der Waals surface area contributed by atoms with Gasteiger partial charge in [0, 0.05) is 55.7 Å². The Morgan fingerprint density at radius 2 is 1.52 bits per heavy atom. The van der Waals surface area contributed by atoms with Crippen LogP contribution in [0.2, 0.25) is 0 Å². The fourth-order valence-corrected chi connectivity index (χ4v) is 4.62. The van der Waals surface area contributed by atoms with Crippen LogP contribution in [0.25, 0.3) is 11.3 Å². The van der Waals surface area contributed by atoms with E-state index >= 15 is 0 Å². The van der Waals surface area contributed by atoms with Gasteiger partial charge in [-0.15, -0.1) is 11.8 Å². The van der Waals surface area contributed by atoms with E-state index in [0.29, 0.717) is 19.0 Å². The van der Waals surface area contributed by atoms with E-state index < -0.39 is 0 Å². The molecule has 0 aliphatic heterocycles. The Morgan fingerprint density at radius 1 is 0.905 bits per heavy atom. The molecule has 0 amide bonds. The smallest absolute Gasteiger partial charge is 0.216 e. The number of hydrogen-bond acceptors (Lipinski definition) is 10. The van der Waals surface area contributed by atoms with Gasteiger partial charge in [0.15, 0.2) is 11.3 Å². The van der Waals surface area contributed by atoms with Crippen molar-refractivity contribution in [3.8, 4) is 5.88 Å². The van der Waals surface area contributed by atoms with Gasteiger partial charge in [0.2, 0.25) is 5.88 Å². The van der Waals surface area contributed by atoms with Crippen molar-refractivity contribution in [2.45, 2.75) is 32.5 Å². The maximum Gasteiger partial charge on any atom is 0.216 e. The number of anilines is 1. The van der Waals surface area contributed by atoms with Crippen LogP contribution in [-0.2, 0) is 13.1 Å². The minimum absolute atomic E-state index is 0. The van der Waals surface area contributed by atoms with E-state index in [1.807, 2.05) is 55.8 Å². The predicted molar refractivity (Wildman–Crippen MR) is 175 cm³/mol. The molecule has 220 valence electrons. The number of ether oxygens (including phenoxy) is 1. The standard InChI is InChI=1S/C13H12BrN5S.C8H8BrN3O.C6H8N2.CH4/c1-20-12-5-11(16-7-9-3-2-4-15-6-9)19-13(18-12)10(14)8-17-19;1-5-3-7(13-2)11-8-6(9)4-10-12(5)8;7-4-6-2-1-3-8-5-6;/h2-6,8,16H,7H2,1H3;3-4H,1-2H3;1-3,5H,4,7H2;1H4. The Labute approximate surface area is 265 Å². The maximum absolute atomic E-state index is 5.31. The number of rotatable bonds is 6. The first-order chi connectivity index (χ1) is 19.9. The molecule has 0 aromatic carbocycles. The van der Waals surface area contributed by atoms with Gasteiger partial charge in [-0.1, -0.05) is 19.6 Å². The van der Waals surface area contributed by atoms with Crippen LogP contribution in [0.15, 0.2) is 87.6 Å². The largest absolute Gasteiger partial charge is 0.481 e. The Hall–Kier alpha value is -3.59. The molecule has 0 radical (unpaired) electrons. The fraction of sp³-hybridized carbons (Fsp3) is 0.214. The second-order valence-corrected chi connectivity index (χ2v) is 10.9. The third-order valence-electron chi connectivity index (χ3n) is 5.56. The first-order valence-electron chi connectivity index (χ1n) is 12.3. The van der Waals surface area contributed by atoms with Crippen LogP contribution in [0.4, 0.5) is 5.82 Å². The monoisotopic (exact) mass is 714 g/mol. The van der Waals surface area contributed by atoms with E-state index in [4.69, 9.17) is 10.5 Å². The molecule has 11 nitrogen and oxygen atoms in total. The average Bonchev–Trinajstić information content (AvgIpc) is 3.59. The van der Waals surface area contributed by atoms with Gasteiger partial charge in [-0.2, -0.15) is 19.7 Å². The van der Waals surface area contributed by atoms with Gasteiger partial charge in [-0.25, -0.2) is 9.50 Å². The Kier molecular flexibility index (Phi) is 12.7. The maximum atomic E-state index is 5.31. The molecule has 42 heavy (non-hydrogen) atoms. The summed E-state index contributed by atoms with van der Waals surface area (Å²) >= 11 is 8.44. The lowest BCUT2D eigenvalue weighted by molar-refractivity contribution is 0.397. The minimum Gasteiger partial charge on any atom is -0.481 e. The van der Waals surface area contributed by atoms with E-state index in [0.717, 1.165) is 47.9 Å². The number of aryl methyl sites for hydroxylation is 1. The quantitative estimate of drug-likeness (QED) is 0.152. The number of hydrogen-bond donors (Lipinski definition) is 2. The Balaban J connectivity index is 0.000000189. The summed E-state index contributed by atoms with van der Waals surface area (Å²) in [5, 5.41) is 12.8. The highest BCUT2D eigenvalue weighted by Crippen LogP contribution is 2.24. The van der Waals surface area contributed by atoms with Gasteiger partial charge in [0.1, 0.15) is 10.8 Å². The second-order valence-electron chi connectivity index (χ2n) is 8.36. The average molecular weight is 717 g/mol. The third kappa shape index (κ3) is 8.47. The molecule has 0 bridgehead atoms. The predicted octanol–water partition coefficient (Wildman–Crippen LogP) is 6.21. The number of aromatic nitrogens is 8. The van der Waals surface area contributed by atoms with Crippen LogP contribution in [0.3, 0.4) is 0 Å². The highest BCUT2D eigenvalue weighted by Gasteiger charge is 2.10. The van der Waals surface area contributed by atoms with Crippen LogP contribution in [0, 0.1) is 6.92 Å². The van der Waals surface area contributed by atoms with Crippen molar-refractivity contribution in [3.05, 3.63) is 99.3 Å². The number of halogens is 2. The normalized spacial score (nSPS) is 10.2. The molecule has 0 atom stereocenters. The lowest BCUT2D eigenvalue weighted by Gasteiger charge is -2.09. The van der Waals surface area contributed by atoms with Crippen molar-refractivity contribution in [2.24, 2.45) is 5.73 Å². The molecular formula is C28H32Br2N10OS. The van der Waals surface area contributed by atoms with Crippen LogP contribution < -0.4 is 15.8 Å². The van der Waals surface area contributed by atoms with E-state index in [1.54, 1.807) is 58.9 Å². The Morgan fingerprint density at radius 3 is 2.07 bits per heavy atom. The number of nitrogens with zero attached hydrogens (tertiary/aromatic N) is 8. The summed E-state index contributed by atoms with van der Waals surface area (Å²) in [6, 6.07) is 11.6. The van der Waals surface area contributed by atoms with Crippen LogP contribution >= 0.6 is 43.6 Å². The summed E-state index contributed by atoms with van der Waals surface area (Å²) < 4.78 is 10.4. The molecule has 0 saturated heterocycles. The van der Waals surface area contributed by atoms with Crippen molar-refractivity contribution in [1.82, 2.24) is 39.2 Å². The number of nitrogens with one attached hydrogen (secondary N) is 1. The molecule has 0 spiro atoms. The molecule has 6 aromatic heterocycles. The first kappa shape index (κ1) is 32.9. The summed E-state index contributed by atoms with van der Waals surface area (Å²) in [6.45, 7) is 3.22. The molecule has 0 fully saturated rings. The van der Waals surface area contributed by atoms with Crippen molar-refractivity contribution >= 4 is 60.7 Å². The summed E-state index contributed by atoms with van der Waals surface area (Å²) in [7, 11) is 1.60. The van der Waals surface area contributed by atoms with Gasteiger partial charge >= 0.3 is 0 Å². The number of fused-ring (bicyclic) bond motifs is 2. The van der Waals surface area contributed by atoms with Gasteiger partial charge in [0.25, 0.3) is 0 Å². The van der Waals surface area contributed by atoms with Crippen LogP contribution in [0.5, 0.6) is 5.88 Å². The highest BCUT2D eigenvalue weighted by atomic mass is 79.9.